The van der Waals surface area contributed by atoms with Crippen LogP contribution in [0.4, 0.5) is 0 Å². The van der Waals surface area contributed by atoms with Crippen LogP contribution in [0.5, 0.6) is 0 Å². The van der Waals surface area contributed by atoms with E-state index in [1.54, 1.807) is 0 Å². The Hall–Kier alpha value is -2.03. The lowest BCUT2D eigenvalue weighted by Crippen LogP contribution is -2.58. The molecule has 0 heterocycles. The number of nitrogens with two attached hydrogens (primary N) is 3. The molecule has 0 aromatic heterocycles. The minimum Gasteiger partial charge on any atom is -0.480 e. The zero-order valence-electron chi connectivity index (χ0n) is 16.4. The first-order chi connectivity index (χ1) is 14.1. The molecule has 10 N–H and O–H groups in total. The van der Waals surface area contributed by atoms with E-state index in [9.17, 15) is 29.1 Å². The number of carbonyl (C=O) groups excluding carboxylic acids is 4. The lowest BCUT2D eigenvalue weighted by molar-refractivity contribution is -0.142. The number of hydrogen-bond donors (Lipinski definition) is 9. The molecule has 0 aliphatic heterocycles. The van der Waals surface area contributed by atoms with Crippen molar-refractivity contribution in [1.82, 2.24) is 16.0 Å². The molecule has 12 nitrogen and oxygen atoms in total. The molecule has 14 heteroatoms. The van der Waals surface area contributed by atoms with Crippen LogP contribution in [0.2, 0.25) is 0 Å². The number of primary amides is 1. The molecule has 0 aromatic rings. The molecule has 4 amide bonds. The fourth-order valence-electron chi connectivity index (χ4n) is 2.27. The first-order valence-electron chi connectivity index (χ1n) is 9.16. The van der Waals surface area contributed by atoms with E-state index >= 15 is 0 Å². The molecule has 0 aliphatic carbocycles. The second kappa shape index (κ2) is 14.9. The predicted octanol–water partition coefficient (Wildman–Crippen LogP) is -3.28. The molecule has 30 heavy (non-hydrogen) atoms. The van der Waals surface area contributed by atoms with Crippen molar-refractivity contribution in [3.63, 3.8) is 0 Å². The summed E-state index contributed by atoms with van der Waals surface area (Å²) in [6, 6.07) is -4.70. The van der Waals surface area contributed by atoms with Gasteiger partial charge < -0.3 is 38.3 Å². The summed E-state index contributed by atoms with van der Waals surface area (Å²) in [4.78, 5) is 58.9. The van der Waals surface area contributed by atoms with E-state index < -0.39 is 60.2 Å². The average molecular weight is 467 g/mol. The van der Waals surface area contributed by atoms with Crippen LogP contribution in [0.15, 0.2) is 0 Å². The Morgan fingerprint density at radius 2 is 1.30 bits per heavy atom. The monoisotopic (exact) mass is 466 g/mol. The van der Waals surface area contributed by atoms with E-state index in [1.807, 2.05) is 0 Å². The Morgan fingerprint density at radius 3 is 1.70 bits per heavy atom. The SMILES string of the molecule is NCCCCC(NC(=O)C(CS)NC(=O)C(CS)NC(=O)C(N)CC(N)=O)C(=O)O. The third-order valence-corrected chi connectivity index (χ3v) is 4.68. The Bertz CT molecular complexity index is 623. The Kier molecular flexibility index (Phi) is 13.9. The topological polar surface area (TPSA) is 220 Å². The number of carboxylic acid groups (broad SMARTS) is 1. The molecule has 0 aliphatic rings. The maximum atomic E-state index is 12.4. The van der Waals surface area contributed by atoms with Crippen molar-refractivity contribution in [1.29, 1.82) is 0 Å². The number of carboxylic acids is 1. The van der Waals surface area contributed by atoms with Crippen molar-refractivity contribution in [3.05, 3.63) is 0 Å². The maximum absolute atomic E-state index is 12.4. The van der Waals surface area contributed by atoms with Gasteiger partial charge in [0.1, 0.15) is 18.1 Å². The van der Waals surface area contributed by atoms with Gasteiger partial charge in [-0.15, -0.1) is 0 Å². The number of rotatable bonds is 15. The van der Waals surface area contributed by atoms with E-state index in [4.69, 9.17) is 17.2 Å². The molecule has 4 unspecified atom stereocenters. The van der Waals surface area contributed by atoms with E-state index in [1.165, 1.54) is 0 Å². The largest absolute Gasteiger partial charge is 0.480 e. The van der Waals surface area contributed by atoms with E-state index in [0.29, 0.717) is 19.4 Å². The summed E-state index contributed by atoms with van der Waals surface area (Å²) in [7, 11) is 0. The molecule has 0 aromatic carbocycles. The van der Waals surface area contributed by atoms with Gasteiger partial charge >= 0.3 is 5.97 Å². The van der Waals surface area contributed by atoms with Crippen LogP contribution in [-0.2, 0) is 24.0 Å². The molecule has 0 bridgehead atoms. The third kappa shape index (κ3) is 10.7. The zero-order chi connectivity index (χ0) is 23.3. The molecule has 0 fully saturated rings. The smallest absolute Gasteiger partial charge is 0.326 e. The maximum Gasteiger partial charge on any atom is 0.326 e. The average Bonchev–Trinajstić information content (AvgIpc) is 2.68. The summed E-state index contributed by atoms with van der Waals surface area (Å²) in [6.07, 6.45) is 0.881. The number of hydrogen-bond acceptors (Lipinski definition) is 9. The van der Waals surface area contributed by atoms with Crippen LogP contribution in [-0.4, -0.2) is 76.9 Å². The highest BCUT2D eigenvalue weighted by molar-refractivity contribution is 7.80. The highest BCUT2D eigenvalue weighted by Crippen LogP contribution is 2.03. The van der Waals surface area contributed by atoms with Gasteiger partial charge in [-0.05, 0) is 25.8 Å². The van der Waals surface area contributed by atoms with Gasteiger partial charge in [0.2, 0.25) is 23.6 Å². The lowest BCUT2D eigenvalue weighted by atomic mass is 10.1. The van der Waals surface area contributed by atoms with Crippen molar-refractivity contribution in [3.8, 4) is 0 Å². The minimum absolute atomic E-state index is 0.124. The van der Waals surface area contributed by atoms with Gasteiger partial charge in [-0.25, -0.2) is 4.79 Å². The van der Waals surface area contributed by atoms with Gasteiger partial charge in [-0.3, -0.25) is 19.2 Å². The molecule has 0 spiro atoms. The van der Waals surface area contributed by atoms with Crippen LogP contribution in [0.25, 0.3) is 0 Å². The van der Waals surface area contributed by atoms with E-state index in [2.05, 4.69) is 41.2 Å². The molecule has 0 saturated carbocycles. The standard InChI is InChI=1S/C16H30N6O6S2/c17-4-2-1-3-9(16(27)28)20-14(25)11(7-30)22-15(26)10(6-29)21-13(24)8(18)5-12(19)23/h8-11,29-30H,1-7,17-18H2,(H2,19,23)(H,20,25)(H,21,24)(H,22,26)(H,27,28). The second-order valence-electron chi connectivity index (χ2n) is 6.45. The van der Waals surface area contributed by atoms with Gasteiger partial charge in [0.25, 0.3) is 0 Å². The Balaban J connectivity index is 4.94. The Labute approximate surface area is 185 Å². The van der Waals surface area contributed by atoms with Crippen molar-refractivity contribution >= 4 is 54.9 Å². The van der Waals surface area contributed by atoms with Crippen LogP contribution < -0.4 is 33.2 Å². The Morgan fingerprint density at radius 1 is 0.833 bits per heavy atom. The van der Waals surface area contributed by atoms with Gasteiger partial charge in [0.15, 0.2) is 0 Å². The third-order valence-electron chi connectivity index (χ3n) is 3.95. The molecule has 0 radical (unpaired) electrons. The number of amides is 4. The van der Waals surface area contributed by atoms with Crippen LogP contribution in [0, 0.1) is 0 Å². The van der Waals surface area contributed by atoms with Gasteiger partial charge in [0.05, 0.1) is 12.5 Å². The summed E-state index contributed by atoms with van der Waals surface area (Å²) in [5.41, 5.74) is 15.9. The van der Waals surface area contributed by atoms with Crippen LogP contribution >= 0.6 is 25.3 Å². The molecule has 0 saturated heterocycles. The quantitative estimate of drug-likeness (QED) is 0.0877. The predicted molar refractivity (Wildman–Crippen MR) is 116 cm³/mol. The number of thiol groups is 2. The van der Waals surface area contributed by atoms with Crippen molar-refractivity contribution < 1.29 is 29.1 Å². The molecule has 172 valence electrons. The normalized spacial score (nSPS) is 14.7. The number of nitrogens with one attached hydrogen (secondary N) is 3. The summed E-state index contributed by atoms with van der Waals surface area (Å²) in [6.45, 7) is 0.398. The summed E-state index contributed by atoms with van der Waals surface area (Å²) >= 11 is 8.00. The van der Waals surface area contributed by atoms with Crippen LogP contribution in [0.1, 0.15) is 25.7 Å². The minimum atomic E-state index is -1.24. The van der Waals surface area contributed by atoms with Gasteiger partial charge in [-0.2, -0.15) is 25.3 Å². The molecular weight excluding hydrogens is 436 g/mol. The first kappa shape index (κ1) is 28.0. The molecular formula is C16H30N6O6S2. The first-order valence-corrected chi connectivity index (χ1v) is 10.4. The highest BCUT2D eigenvalue weighted by atomic mass is 32.1. The van der Waals surface area contributed by atoms with Crippen molar-refractivity contribution in [2.45, 2.75) is 49.9 Å². The van der Waals surface area contributed by atoms with Crippen LogP contribution in [0.3, 0.4) is 0 Å². The lowest BCUT2D eigenvalue weighted by Gasteiger charge is -2.23. The number of carbonyl (C=O) groups is 5. The van der Waals surface area contributed by atoms with Crippen molar-refractivity contribution in [2.75, 3.05) is 18.1 Å². The van der Waals surface area contributed by atoms with E-state index in [0.717, 1.165) is 0 Å². The molecule has 0 rings (SSSR count). The van der Waals surface area contributed by atoms with Gasteiger partial charge in [0, 0.05) is 11.5 Å². The summed E-state index contributed by atoms with van der Waals surface area (Å²) < 4.78 is 0. The fraction of sp³-hybridized carbons (Fsp3) is 0.688. The zero-order valence-corrected chi connectivity index (χ0v) is 18.2. The highest BCUT2D eigenvalue weighted by Gasteiger charge is 2.29. The van der Waals surface area contributed by atoms with Gasteiger partial charge in [-0.1, -0.05) is 0 Å². The van der Waals surface area contributed by atoms with Crippen molar-refractivity contribution in [2.24, 2.45) is 17.2 Å². The number of aliphatic carboxylic acids is 1. The second-order valence-corrected chi connectivity index (χ2v) is 7.18. The summed E-state index contributed by atoms with van der Waals surface area (Å²) in [5, 5.41) is 16.3. The number of unbranched alkanes of at least 4 members (excludes halogenated alkanes) is 1. The summed E-state index contributed by atoms with van der Waals surface area (Å²) in [5.74, 6) is -4.54. The fourth-order valence-corrected chi connectivity index (χ4v) is 2.79. The molecule has 4 atom stereocenters. The van der Waals surface area contributed by atoms with E-state index in [-0.39, 0.29) is 17.9 Å².